The molecule has 0 heterocycles. The van der Waals surface area contributed by atoms with E-state index >= 15 is 0 Å². The molecule has 2 amide bonds. The highest BCUT2D eigenvalue weighted by Gasteiger charge is 2.29. The van der Waals surface area contributed by atoms with Gasteiger partial charge in [-0.3, -0.25) is 14.9 Å². The molecule has 35 heavy (non-hydrogen) atoms. The monoisotopic (exact) mass is 472 g/mol. The molecular formula is C28H28N2O5. The average molecular weight is 473 g/mol. The average Bonchev–Trinajstić information content (AvgIpc) is 3.19. The van der Waals surface area contributed by atoms with Crippen molar-refractivity contribution in [1.82, 2.24) is 5.32 Å². The molecular weight excluding hydrogens is 444 g/mol. The fourth-order valence-electron chi connectivity index (χ4n) is 4.39. The zero-order valence-corrected chi connectivity index (χ0v) is 19.5. The van der Waals surface area contributed by atoms with Gasteiger partial charge in [0, 0.05) is 18.9 Å². The number of hydrogen-bond acceptors (Lipinski definition) is 4. The van der Waals surface area contributed by atoms with Gasteiger partial charge >= 0.3 is 12.1 Å². The smallest absolute Gasteiger partial charge is 0.411 e. The van der Waals surface area contributed by atoms with Gasteiger partial charge in [0.25, 0.3) is 5.91 Å². The van der Waals surface area contributed by atoms with Crippen LogP contribution in [-0.4, -0.2) is 36.2 Å². The molecule has 3 aromatic carbocycles. The van der Waals surface area contributed by atoms with Crippen molar-refractivity contribution in [2.75, 3.05) is 18.5 Å². The predicted molar refractivity (Wildman–Crippen MR) is 134 cm³/mol. The Morgan fingerprint density at radius 1 is 0.943 bits per heavy atom. The van der Waals surface area contributed by atoms with Gasteiger partial charge in [-0.05, 0) is 52.8 Å². The molecule has 4 rings (SSSR count). The highest BCUT2D eigenvalue weighted by Crippen LogP contribution is 2.44. The minimum atomic E-state index is -0.912. The van der Waals surface area contributed by atoms with Crippen molar-refractivity contribution in [3.63, 3.8) is 0 Å². The van der Waals surface area contributed by atoms with Crippen molar-refractivity contribution >= 4 is 23.7 Å². The van der Waals surface area contributed by atoms with Crippen LogP contribution < -0.4 is 10.6 Å². The molecule has 0 saturated carbocycles. The number of nitrogens with one attached hydrogen (secondary N) is 2. The van der Waals surface area contributed by atoms with Crippen LogP contribution in [-0.2, 0) is 16.0 Å². The van der Waals surface area contributed by atoms with Gasteiger partial charge in [-0.2, -0.15) is 0 Å². The Kier molecular flexibility index (Phi) is 7.45. The number of hydrogen-bond donors (Lipinski definition) is 3. The van der Waals surface area contributed by atoms with Gasteiger partial charge in [0.05, 0.1) is 11.3 Å². The molecule has 0 aromatic heterocycles. The van der Waals surface area contributed by atoms with Crippen LogP contribution in [0, 0.1) is 0 Å². The summed E-state index contributed by atoms with van der Waals surface area (Å²) in [7, 11) is 0. The lowest BCUT2D eigenvalue weighted by molar-refractivity contribution is -0.137. The molecule has 7 heteroatoms. The minimum absolute atomic E-state index is 0.0276. The summed E-state index contributed by atoms with van der Waals surface area (Å²) < 4.78 is 5.61. The number of ether oxygens (including phenoxy) is 1. The maximum Gasteiger partial charge on any atom is 0.411 e. The molecule has 0 aliphatic heterocycles. The number of aliphatic carboxylic acids is 1. The summed E-state index contributed by atoms with van der Waals surface area (Å²) in [5, 5.41) is 14.2. The van der Waals surface area contributed by atoms with Crippen LogP contribution in [0.3, 0.4) is 0 Å². The third kappa shape index (κ3) is 5.51. The first-order valence-corrected chi connectivity index (χ1v) is 11.7. The fourth-order valence-corrected chi connectivity index (χ4v) is 4.39. The quantitative estimate of drug-likeness (QED) is 0.371. The number of rotatable bonds is 9. The van der Waals surface area contributed by atoms with E-state index < -0.39 is 12.1 Å². The molecule has 0 unspecified atom stereocenters. The van der Waals surface area contributed by atoms with Crippen molar-refractivity contribution in [3.05, 3.63) is 89.0 Å². The number of amides is 2. The first-order valence-electron chi connectivity index (χ1n) is 11.7. The minimum Gasteiger partial charge on any atom is -0.481 e. The van der Waals surface area contributed by atoms with Crippen LogP contribution in [0.4, 0.5) is 10.5 Å². The third-order valence-electron chi connectivity index (χ3n) is 6.17. The predicted octanol–water partition coefficient (Wildman–Crippen LogP) is 5.20. The molecule has 1 aliphatic rings. The Balaban J connectivity index is 1.44. The van der Waals surface area contributed by atoms with E-state index in [0.717, 1.165) is 34.2 Å². The topological polar surface area (TPSA) is 105 Å². The van der Waals surface area contributed by atoms with Crippen molar-refractivity contribution < 1.29 is 24.2 Å². The van der Waals surface area contributed by atoms with Crippen LogP contribution in [0.5, 0.6) is 0 Å². The summed E-state index contributed by atoms with van der Waals surface area (Å²) in [5.74, 6) is -1.35. The van der Waals surface area contributed by atoms with E-state index in [0.29, 0.717) is 17.7 Å². The molecule has 0 saturated heterocycles. The molecule has 3 N–H and O–H groups in total. The second kappa shape index (κ2) is 10.9. The maximum absolute atomic E-state index is 12.8. The van der Waals surface area contributed by atoms with Crippen molar-refractivity contribution in [2.45, 2.75) is 32.1 Å². The van der Waals surface area contributed by atoms with Crippen LogP contribution in [0.1, 0.15) is 52.7 Å². The van der Waals surface area contributed by atoms with Crippen LogP contribution in [0.25, 0.3) is 11.1 Å². The van der Waals surface area contributed by atoms with Gasteiger partial charge < -0.3 is 15.2 Å². The number of fused-ring (bicyclic) bond motifs is 3. The van der Waals surface area contributed by atoms with Crippen LogP contribution in [0.2, 0.25) is 0 Å². The van der Waals surface area contributed by atoms with E-state index in [1.165, 1.54) is 0 Å². The lowest BCUT2D eigenvalue weighted by Gasteiger charge is -2.16. The summed E-state index contributed by atoms with van der Waals surface area (Å²) in [6.07, 6.45) is 0.380. The Hall–Kier alpha value is -4.13. The Bertz CT molecular complexity index is 1210. The van der Waals surface area contributed by atoms with Gasteiger partial charge in [-0.15, -0.1) is 0 Å². The molecule has 0 radical (unpaired) electrons. The summed E-state index contributed by atoms with van der Waals surface area (Å²) in [4.78, 5) is 36.2. The molecule has 0 spiro atoms. The number of benzene rings is 3. The molecule has 7 nitrogen and oxygen atoms in total. The first kappa shape index (κ1) is 24.0. The normalized spacial score (nSPS) is 11.9. The van der Waals surface area contributed by atoms with Crippen molar-refractivity contribution in [1.29, 1.82) is 0 Å². The van der Waals surface area contributed by atoms with E-state index in [9.17, 15) is 14.4 Å². The maximum atomic E-state index is 12.8. The number of carbonyl (C=O) groups excluding carboxylic acids is 2. The van der Waals surface area contributed by atoms with Gasteiger partial charge in [0.1, 0.15) is 6.61 Å². The standard InChI is InChI=1S/C28H28N2O5/c1-2-18-13-14-25(23(16-18)27(33)29-15-7-12-26(31)32)30-28(34)35-17-24-21-10-5-3-8-19(21)20-9-4-6-11-22(20)24/h3-6,8-11,13-14,16,24H,2,7,12,15,17H2,1H3,(H,29,33)(H,30,34)(H,31,32). The third-order valence-corrected chi connectivity index (χ3v) is 6.17. The van der Waals surface area contributed by atoms with Gasteiger partial charge in [-0.25, -0.2) is 4.79 Å². The van der Waals surface area contributed by atoms with E-state index in [1.54, 1.807) is 12.1 Å². The van der Waals surface area contributed by atoms with Crippen molar-refractivity contribution in [2.24, 2.45) is 0 Å². The summed E-state index contributed by atoms with van der Waals surface area (Å²) in [6, 6.07) is 21.5. The molecule has 1 aliphatic carbocycles. The fraction of sp³-hybridized carbons (Fsp3) is 0.250. The second-order valence-corrected chi connectivity index (χ2v) is 8.44. The Morgan fingerprint density at radius 3 is 2.23 bits per heavy atom. The van der Waals surface area contributed by atoms with Gasteiger partial charge in [0.15, 0.2) is 0 Å². The number of carboxylic acid groups (broad SMARTS) is 1. The van der Waals surface area contributed by atoms with E-state index in [4.69, 9.17) is 9.84 Å². The SMILES string of the molecule is CCc1ccc(NC(=O)OCC2c3ccccc3-c3ccccc32)c(C(=O)NCCCC(=O)O)c1. The number of aryl methyl sites for hydroxylation is 1. The summed E-state index contributed by atoms with van der Waals surface area (Å²) in [6.45, 7) is 2.37. The Morgan fingerprint density at radius 2 is 1.60 bits per heavy atom. The van der Waals surface area contributed by atoms with Gasteiger partial charge in [0.2, 0.25) is 0 Å². The van der Waals surface area contributed by atoms with Crippen LogP contribution in [0.15, 0.2) is 66.7 Å². The molecule has 180 valence electrons. The largest absolute Gasteiger partial charge is 0.481 e. The lowest BCUT2D eigenvalue weighted by atomic mass is 9.98. The second-order valence-electron chi connectivity index (χ2n) is 8.44. The summed E-state index contributed by atoms with van der Waals surface area (Å²) in [5.41, 5.74) is 6.14. The van der Waals surface area contributed by atoms with E-state index in [1.807, 2.05) is 37.3 Å². The molecule has 0 fully saturated rings. The Labute approximate surface area is 204 Å². The zero-order chi connectivity index (χ0) is 24.8. The molecule has 3 aromatic rings. The van der Waals surface area contributed by atoms with Crippen LogP contribution >= 0.6 is 0 Å². The first-order chi connectivity index (χ1) is 17.0. The van der Waals surface area contributed by atoms with E-state index in [-0.39, 0.29) is 31.4 Å². The zero-order valence-electron chi connectivity index (χ0n) is 19.5. The summed E-state index contributed by atoms with van der Waals surface area (Å²) >= 11 is 0. The lowest BCUT2D eigenvalue weighted by Crippen LogP contribution is -2.27. The number of carboxylic acids is 1. The number of carbonyl (C=O) groups is 3. The highest BCUT2D eigenvalue weighted by molar-refractivity contribution is 6.02. The van der Waals surface area contributed by atoms with Gasteiger partial charge in [-0.1, -0.05) is 61.5 Å². The van der Waals surface area contributed by atoms with Crippen molar-refractivity contribution in [3.8, 4) is 11.1 Å². The molecule has 0 atom stereocenters. The molecule has 0 bridgehead atoms. The van der Waals surface area contributed by atoms with E-state index in [2.05, 4.69) is 34.9 Å². The highest BCUT2D eigenvalue weighted by atomic mass is 16.5. The number of anilines is 1.